The number of carbonyl (C=O) groups is 1. The number of anilines is 2. The van der Waals surface area contributed by atoms with Crippen molar-refractivity contribution in [3.8, 4) is 23.0 Å². The summed E-state index contributed by atoms with van der Waals surface area (Å²) in [6.07, 6.45) is 0. The lowest BCUT2D eigenvalue weighted by Crippen LogP contribution is -2.39. The summed E-state index contributed by atoms with van der Waals surface area (Å²) in [6.45, 7) is 1.63. The van der Waals surface area contributed by atoms with Gasteiger partial charge in [0.1, 0.15) is 5.75 Å². The van der Waals surface area contributed by atoms with Gasteiger partial charge in [-0.25, -0.2) is 8.42 Å². The molecule has 1 amide bonds. The number of rotatable bonds is 8. The summed E-state index contributed by atoms with van der Waals surface area (Å²) in [5.74, 6) is 0.971. The van der Waals surface area contributed by atoms with Gasteiger partial charge in [0.25, 0.3) is 15.9 Å². The molecule has 0 radical (unpaired) electrons. The maximum atomic E-state index is 14.2. The second-order valence-electron chi connectivity index (χ2n) is 9.04. The number of benzene rings is 4. The number of carbonyl (C=O) groups excluding carboxylic acids is 1. The van der Waals surface area contributed by atoms with Crippen molar-refractivity contribution in [1.29, 1.82) is 0 Å². The van der Waals surface area contributed by atoms with Crippen LogP contribution in [0.1, 0.15) is 18.1 Å². The molecule has 8 nitrogen and oxygen atoms in total. The number of methoxy groups -OCH3 is 2. The Hall–Kier alpha value is -4.76. The Morgan fingerprint density at radius 1 is 0.800 bits per heavy atom. The van der Waals surface area contributed by atoms with E-state index < -0.39 is 15.9 Å². The molecule has 0 aromatic heterocycles. The van der Waals surface area contributed by atoms with E-state index in [9.17, 15) is 13.2 Å². The van der Waals surface area contributed by atoms with Gasteiger partial charge in [0.15, 0.2) is 22.2 Å². The lowest BCUT2D eigenvalue weighted by molar-refractivity contribution is -0.112. The monoisotopic (exact) mass is 556 g/mol. The van der Waals surface area contributed by atoms with Crippen molar-refractivity contribution in [3.63, 3.8) is 0 Å². The van der Waals surface area contributed by atoms with Crippen LogP contribution in [0.2, 0.25) is 0 Å². The van der Waals surface area contributed by atoms with Crippen LogP contribution in [0.15, 0.2) is 102 Å². The molecule has 0 aliphatic carbocycles. The molecule has 40 heavy (non-hydrogen) atoms. The third-order valence-corrected chi connectivity index (χ3v) is 8.46. The topological polar surface area (TPSA) is 94.2 Å². The lowest BCUT2D eigenvalue weighted by atomic mass is 10.0. The largest absolute Gasteiger partial charge is 0.493 e. The fourth-order valence-electron chi connectivity index (χ4n) is 4.59. The summed E-state index contributed by atoms with van der Waals surface area (Å²) < 4.78 is 46.5. The number of ether oxygens (including phenoxy) is 3. The summed E-state index contributed by atoms with van der Waals surface area (Å²) in [6, 6.07) is 28.5. The summed E-state index contributed by atoms with van der Waals surface area (Å²) in [5.41, 5.74) is 2.32. The number of allylic oxidation sites excluding steroid dienone is 1. The minimum Gasteiger partial charge on any atom is -0.493 e. The third-order valence-electron chi connectivity index (χ3n) is 6.54. The summed E-state index contributed by atoms with van der Waals surface area (Å²) in [7, 11) is -1.31. The minimum atomic E-state index is -4.30. The Morgan fingerprint density at radius 2 is 1.40 bits per heavy atom. The van der Waals surface area contributed by atoms with Crippen molar-refractivity contribution in [3.05, 3.63) is 113 Å². The number of amides is 1. The second kappa shape index (κ2) is 11.2. The van der Waals surface area contributed by atoms with Crippen LogP contribution in [0.4, 0.5) is 11.4 Å². The molecule has 0 saturated carbocycles. The van der Waals surface area contributed by atoms with Gasteiger partial charge in [-0.1, -0.05) is 60.7 Å². The summed E-state index contributed by atoms with van der Waals surface area (Å²) >= 11 is 0. The molecule has 1 N–H and O–H groups in total. The standard InChI is InChI=1S/C31H28N2O6S/c1-21-24-18-28(37-2)29(38-3)19-26(24)33(20-22-12-6-4-7-13-22)40(35,36)30(21)31(34)32-25-16-10-11-17-27(25)39-23-14-8-5-9-15-23/h4-19H,20H2,1-3H3,(H,32,34). The highest BCUT2D eigenvalue weighted by Crippen LogP contribution is 2.46. The predicted molar refractivity (Wildman–Crippen MR) is 155 cm³/mol. The van der Waals surface area contributed by atoms with Gasteiger partial charge in [0.05, 0.1) is 32.1 Å². The molecule has 0 fully saturated rings. The Morgan fingerprint density at radius 3 is 2.08 bits per heavy atom. The van der Waals surface area contributed by atoms with E-state index in [0.29, 0.717) is 45.5 Å². The van der Waals surface area contributed by atoms with Crippen LogP contribution in [0.25, 0.3) is 5.57 Å². The van der Waals surface area contributed by atoms with Gasteiger partial charge in [-0.3, -0.25) is 9.10 Å². The van der Waals surface area contributed by atoms with Gasteiger partial charge < -0.3 is 19.5 Å². The predicted octanol–water partition coefficient (Wildman–Crippen LogP) is 6.22. The molecule has 0 atom stereocenters. The molecule has 204 valence electrons. The van der Waals surface area contributed by atoms with Crippen LogP contribution in [0.5, 0.6) is 23.0 Å². The Labute approximate surface area is 233 Å². The molecule has 0 bridgehead atoms. The quantitative estimate of drug-likeness (QED) is 0.277. The zero-order valence-electron chi connectivity index (χ0n) is 22.2. The number of fused-ring (bicyclic) bond motifs is 1. The first-order valence-electron chi connectivity index (χ1n) is 12.5. The van der Waals surface area contributed by atoms with Crippen molar-refractivity contribution in [2.24, 2.45) is 0 Å². The highest BCUT2D eigenvalue weighted by atomic mass is 32.2. The normalized spacial score (nSPS) is 13.8. The van der Waals surface area contributed by atoms with Crippen molar-refractivity contribution < 1.29 is 27.4 Å². The van der Waals surface area contributed by atoms with E-state index in [1.807, 2.05) is 48.5 Å². The summed E-state index contributed by atoms with van der Waals surface area (Å²) in [5, 5.41) is 2.77. The smallest absolute Gasteiger partial charge is 0.270 e. The molecule has 5 rings (SSSR count). The average Bonchev–Trinajstić information content (AvgIpc) is 2.96. The van der Waals surface area contributed by atoms with Crippen LogP contribution in [-0.4, -0.2) is 28.5 Å². The van der Waals surface area contributed by atoms with Gasteiger partial charge in [-0.15, -0.1) is 0 Å². The third kappa shape index (κ3) is 5.11. The number of hydrogen-bond donors (Lipinski definition) is 1. The van der Waals surface area contributed by atoms with Gasteiger partial charge in [0, 0.05) is 11.6 Å². The number of sulfonamides is 1. The van der Waals surface area contributed by atoms with Crippen LogP contribution in [0.3, 0.4) is 0 Å². The molecule has 9 heteroatoms. The molecular weight excluding hydrogens is 528 g/mol. The first-order valence-corrected chi connectivity index (χ1v) is 13.9. The van der Waals surface area contributed by atoms with Crippen molar-refractivity contribution in [2.45, 2.75) is 13.5 Å². The Bertz CT molecular complexity index is 1690. The highest BCUT2D eigenvalue weighted by molar-refractivity contribution is 7.97. The zero-order valence-corrected chi connectivity index (χ0v) is 23.1. The van der Waals surface area contributed by atoms with E-state index in [1.165, 1.54) is 18.5 Å². The second-order valence-corrected chi connectivity index (χ2v) is 10.8. The molecular formula is C31H28N2O6S. The van der Waals surface area contributed by atoms with Crippen LogP contribution in [-0.2, 0) is 21.4 Å². The van der Waals surface area contributed by atoms with Crippen LogP contribution >= 0.6 is 0 Å². The maximum absolute atomic E-state index is 14.2. The van der Waals surface area contributed by atoms with E-state index >= 15 is 0 Å². The van der Waals surface area contributed by atoms with Gasteiger partial charge >= 0.3 is 0 Å². The van der Waals surface area contributed by atoms with Crippen LogP contribution < -0.4 is 23.8 Å². The SMILES string of the molecule is COc1cc2c(cc1OC)N(Cc1ccccc1)S(=O)(=O)C(C(=O)Nc1ccccc1Oc1ccccc1)=C2C. The van der Waals surface area contributed by atoms with E-state index in [-0.39, 0.29) is 11.4 Å². The Balaban J connectivity index is 1.60. The van der Waals surface area contributed by atoms with Gasteiger partial charge in [-0.05, 0) is 48.4 Å². The molecule has 0 spiro atoms. The number of nitrogens with one attached hydrogen (secondary N) is 1. The molecule has 4 aromatic rings. The number of hydrogen-bond acceptors (Lipinski definition) is 6. The Kier molecular flexibility index (Phi) is 7.48. The van der Waals surface area contributed by atoms with Crippen LogP contribution in [0, 0.1) is 0 Å². The van der Waals surface area contributed by atoms with E-state index in [1.54, 1.807) is 55.5 Å². The molecule has 1 aliphatic rings. The molecule has 1 heterocycles. The maximum Gasteiger partial charge on any atom is 0.270 e. The molecule has 0 saturated heterocycles. The van der Waals surface area contributed by atoms with Crippen molar-refractivity contribution in [1.82, 2.24) is 0 Å². The molecule has 4 aromatic carbocycles. The van der Waals surface area contributed by atoms with E-state index in [0.717, 1.165) is 5.56 Å². The first-order chi connectivity index (χ1) is 19.3. The van der Waals surface area contributed by atoms with E-state index in [4.69, 9.17) is 14.2 Å². The molecule has 0 unspecified atom stereocenters. The average molecular weight is 557 g/mol. The number of para-hydroxylation sites is 3. The van der Waals surface area contributed by atoms with Crippen molar-refractivity contribution >= 4 is 32.9 Å². The highest BCUT2D eigenvalue weighted by Gasteiger charge is 2.40. The molecule has 1 aliphatic heterocycles. The fraction of sp³-hybridized carbons (Fsp3) is 0.129. The fourth-order valence-corrected chi connectivity index (χ4v) is 6.32. The first kappa shape index (κ1) is 26.8. The van der Waals surface area contributed by atoms with E-state index in [2.05, 4.69) is 5.32 Å². The van der Waals surface area contributed by atoms with Gasteiger partial charge in [-0.2, -0.15) is 0 Å². The zero-order chi connectivity index (χ0) is 28.3. The van der Waals surface area contributed by atoms with Crippen molar-refractivity contribution in [2.75, 3.05) is 23.8 Å². The number of nitrogens with zero attached hydrogens (tertiary/aromatic N) is 1. The van der Waals surface area contributed by atoms with Gasteiger partial charge in [0.2, 0.25) is 0 Å². The summed E-state index contributed by atoms with van der Waals surface area (Å²) in [4.78, 5) is 13.4. The lowest BCUT2D eigenvalue weighted by Gasteiger charge is -2.33. The minimum absolute atomic E-state index is 0.0173.